The van der Waals surface area contributed by atoms with Crippen LogP contribution in [-0.2, 0) is 0 Å². The molecule has 0 amide bonds. The highest BCUT2D eigenvalue weighted by molar-refractivity contribution is 4.75. The largest absolute Gasteiger partial charge is 0.395 e. The third-order valence-corrected chi connectivity index (χ3v) is 2.74. The first kappa shape index (κ1) is 11.9. The van der Waals surface area contributed by atoms with Crippen LogP contribution in [0.5, 0.6) is 0 Å². The highest BCUT2D eigenvalue weighted by atomic mass is 16.3. The Hall–Kier alpha value is -0.160. The molecule has 1 fully saturated rings. The van der Waals surface area contributed by atoms with Crippen LogP contribution in [0.15, 0.2) is 0 Å². The summed E-state index contributed by atoms with van der Waals surface area (Å²) in [7, 11) is 2.18. The summed E-state index contributed by atoms with van der Waals surface area (Å²) < 4.78 is 0. The molecule has 0 radical (unpaired) electrons. The highest BCUT2D eigenvalue weighted by Gasteiger charge is 2.14. The van der Waals surface area contributed by atoms with E-state index in [0.717, 1.165) is 13.1 Å². The van der Waals surface area contributed by atoms with Gasteiger partial charge in [-0.05, 0) is 33.0 Å². The summed E-state index contributed by atoms with van der Waals surface area (Å²) in [6, 6.07) is 0.696. The van der Waals surface area contributed by atoms with E-state index in [1.807, 2.05) is 0 Å². The standard InChI is InChI=1S/C10H23N3O/c1-13-7-2-10(3-8-13)12-5-4-11-6-9-14/h10-12,14H,2-9H2,1H3. The fourth-order valence-electron chi connectivity index (χ4n) is 1.78. The van der Waals surface area contributed by atoms with Crippen molar-refractivity contribution in [3.8, 4) is 0 Å². The Kier molecular flexibility index (Phi) is 6.10. The fraction of sp³-hybridized carbons (Fsp3) is 1.00. The molecule has 1 aliphatic heterocycles. The van der Waals surface area contributed by atoms with Gasteiger partial charge in [0.2, 0.25) is 0 Å². The Morgan fingerprint density at radius 3 is 2.57 bits per heavy atom. The van der Waals surface area contributed by atoms with Crippen LogP contribution >= 0.6 is 0 Å². The van der Waals surface area contributed by atoms with E-state index >= 15 is 0 Å². The second-order valence-electron chi connectivity index (χ2n) is 4.01. The molecule has 0 aromatic heterocycles. The molecule has 0 atom stereocenters. The van der Waals surface area contributed by atoms with Crippen molar-refractivity contribution < 1.29 is 5.11 Å². The zero-order valence-corrected chi connectivity index (χ0v) is 9.13. The van der Waals surface area contributed by atoms with Crippen LogP contribution < -0.4 is 10.6 Å². The smallest absolute Gasteiger partial charge is 0.0555 e. The van der Waals surface area contributed by atoms with Crippen molar-refractivity contribution in [3.63, 3.8) is 0 Å². The van der Waals surface area contributed by atoms with Crippen LogP contribution in [0.2, 0.25) is 0 Å². The number of hydrogen-bond donors (Lipinski definition) is 3. The van der Waals surface area contributed by atoms with Crippen molar-refractivity contribution in [2.75, 3.05) is 46.4 Å². The summed E-state index contributed by atoms with van der Waals surface area (Å²) in [4.78, 5) is 2.38. The molecule has 4 heteroatoms. The second-order valence-corrected chi connectivity index (χ2v) is 4.01. The topological polar surface area (TPSA) is 47.5 Å². The summed E-state index contributed by atoms with van der Waals surface area (Å²) in [6.07, 6.45) is 2.52. The van der Waals surface area contributed by atoms with Crippen molar-refractivity contribution in [1.29, 1.82) is 0 Å². The number of nitrogens with one attached hydrogen (secondary N) is 2. The van der Waals surface area contributed by atoms with Gasteiger partial charge in [-0.1, -0.05) is 0 Å². The van der Waals surface area contributed by atoms with Crippen LogP contribution in [0.4, 0.5) is 0 Å². The molecule has 0 aliphatic carbocycles. The lowest BCUT2D eigenvalue weighted by Gasteiger charge is -2.29. The zero-order chi connectivity index (χ0) is 10.2. The molecule has 0 unspecified atom stereocenters. The maximum absolute atomic E-state index is 8.56. The van der Waals surface area contributed by atoms with E-state index in [9.17, 15) is 0 Å². The van der Waals surface area contributed by atoms with E-state index in [1.165, 1.54) is 25.9 Å². The van der Waals surface area contributed by atoms with Crippen molar-refractivity contribution in [2.45, 2.75) is 18.9 Å². The number of nitrogens with zero attached hydrogens (tertiary/aromatic N) is 1. The maximum Gasteiger partial charge on any atom is 0.0555 e. The molecular weight excluding hydrogens is 178 g/mol. The first-order valence-corrected chi connectivity index (χ1v) is 5.56. The first-order chi connectivity index (χ1) is 6.83. The van der Waals surface area contributed by atoms with E-state index in [1.54, 1.807) is 0 Å². The molecule has 1 aliphatic rings. The van der Waals surface area contributed by atoms with Crippen molar-refractivity contribution in [3.05, 3.63) is 0 Å². The van der Waals surface area contributed by atoms with Gasteiger partial charge in [-0.2, -0.15) is 0 Å². The van der Waals surface area contributed by atoms with Gasteiger partial charge in [0.05, 0.1) is 6.61 Å². The summed E-state index contributed by atoms with van der Waals surface area (Å²) in [6.45, 7) is 5.31. The Morgan fingerprint density at radius 2 is 1.93 bits per heavy atom. The second kappa shape index (κ2) is 7.17. The van der Waals surface area contributed by atoms with Gasteiger partial charge in [0, 0.05) is 25.7 Å². The minimum absolute atomic E-state index is 0.230. The van der Waals surface area contributed by atoms with Crippen LogP contribution in [0.3, 0.4) is 0 Å². The van der Waals surface area contributed by atoms with Crippen molar-refractivity contribution >= 4 is 0 Å². The molecule has 3 N–H and O–H groups in total. The van der Waals surface area contributed by atoms with Gasteiger partial charge >= 0.3 is 0 Å². The predicted octanol–water partition coefficient (Wildman–Crippen LogP) is -0.748. The molecule has 0 spiro atoms. The fourth-order valence-corrected chi connectivity index (χ4v) is 1.78. The van der Waals surface area contributed by atoms with Gasteiger partial charge in [0.25, 0.3) is 0 Å². The minimum atomic E-state index is 0.230. The third kappa shape index (κ3) is 4.91. The van der Waals surface area contributed by atoms with Crippen molar-refractivity contribution in [1.82, 2.24) is 15.5 Å². The molecule has 0 saturated carbocycles. The van der Waals surface area contributed by atoms with E-state index < -0.39 is 0 Å². The number of piperidine rings is 1. The molecule has 0 aromatic carbocycles. The maximum atomic E-state index is 8.56. The van der Waals surface area contributed by atoms with E-state index in [4.69, 9.17) is 5.11 Å². The van der Waals surface area contributed by atoms with E-state index in [0.29, 0.717) is 12.6 Å². The Bertz CT molecular complexity index is 135. The SMILES string of the molecule is CN1CCC(NCCNCCO)CC1. The third-order valence-electron chi connectivity index (χ3n) is 2.74. The normalized spacial score (nSPS) is 20.1. The van der Waals surface area contributed by atoms with Crippen molar-refractivity contribution in [2.24, 2.45) is 0 Å². The number of likely N-dealkylation sites (tertiary alicyclic amines) is 1. The average Bonchev–Trinajstić information content (AvgIpc) is 2.21. The lowest BCUT2D eigenvalue weighted by molar-refractivity contribution is 0.234. The molecule has 4 nitrogen and oxygen atoms in total. The Balaban J connectivity index is 1.91. The van der Waals surface area contributed by atoms with Gasteiger partial charge in [0.15, 0.2) is 0 Å². The lowest BCUT2D eigenvalue weighted by Crippen LogP contribution is -2.43. The average molecular weight is 201 g/mol. The summed E-state index contributed by atoms with van der Waals surface area (Å²) >= 11 is 0. The summed E-state index contributed by atoms with van der Waals surface area (Å²) in [5, 5.41) is 15.2. The molecular formula is C10H23N3O. The Labute approximate surface area is 86.7 Å². The Morgan fingerprint density at radius 1 is 1.21 bits per heavy atom. The number of rotatable bonds is 6. The molecule has 0 aromatic rings. The molecule has 84 valence electrons. The van der Waals surface area contributed by atoms with E-state index in [2.05, 4.69) is 22.6 Å². The van der Waals surface area contributed by atoms with Gasteiger partial charge in [-0.3, -0.25) is 0 Å². The summed E-state index contributed by atoms with van der Waals surface area (Å²) in [5.41, 5.74) is 0. The van der Waals surface area contributed by atoms with Gasteiger partial charge in [-0.15, -0.1) is 0 Å². The van der Waals surface area contributed by atoms with Gasteiger partial charge in [0.1, 0.15) is 0 Å². The van der Waals surface area contributed by atoms with Crippen LogP contribution in [-0.4, -0.2) is 62.4 Å². The minimum Gasteiger partial charge on any atom is -0.395 e. The number of aliphatic hydroxyl groups excluding tert-OH is 1. The van der Waals surface area contributed by atoms with Crippen LogP contribution in [0, 0.1) is 0 Å². The van der Waals surface area contributed by atoms with Crippen LogP contribution in [0.1, 0.15) is 12.8 Å². The predicted molar refractivity (Wildman–Crippen MR) is 58.5 cm³/mol. The highest BCUT2D eigenvalue weighted by Crippen LogP contribution is 2.07. The lowest BCUT2D eigenvalue weighted by atomic mass is 10.1. The van der Waals surface area contributed by atoms with Gasteiger partial charge < -0.3 is 20.6 Å². The zero-order valence-electron chi connectivity index (χ0n) is 9.13. The number of aliphatic hydroxyl groups is 1. The molecule has 0 bridgehead atoms. The molecule has 14 heavy (non-hydrogen) atoms. The number of hydrogen-bond acceptors (Lipinski definition) is 4. The van der Waals surface area contributed by atoms with Crippen LogP contribution in [0.25, 0.3) is 0 Å². The molecule has 1 saturated heterocycles. The first-order valence-electron chi connectivity index (χ1n) is 5.56. The molecule has 1 rings (SSSR count). The monoisotopic (exact) mass is 201 g/mol. The molecule has 1 heterocycles. The summed E-state index contributed by atoms with van der Waals surface area (Å²) in [5.74, 6) is 0. The van der Waals surface area contributed by atoms with Gasteiger partial charge in [-0.25, -0.2) is 0 Å². The van der Waals surface area contributed by atoms with E-state index in [-0.39, 0.29) is 6.61 Å². The quantitative estimate of drug-likeness (QED) is 0.495.